The summed E-state index contributed by atoms with van der Waals surface area (Å²) in [5.41, 5.74) is 3.83. The zero-order valence-corrected chi connectivity index (χ0v) is 16.8. The highest BCUT2D eigenvalue weighted by Gasteiger charge is 2.44. The average molecular weight is 409 g/mol. The molecule has 0 amide bonds. The van der Waals surface area contributed by atoms with E-state index < -0.39 is 11.8 Å². The van der Waals surface area contributed by atoms with E-state index >= 15 is 0 Å². The SMILES string of the molecule is CC1=C(C#N)[C@@H](c2cccc(Cl)c2Cl)[C@H]2C(=O)C[C@H](c3ccccc3)CC2=N1. The maximum absolute atomic E-state index is 13.3. The first-order chi connectivity index (χ1) is 13.5. The van der Waals surface area contributed by atoms with E-state index in [4.69, 9.17) is 23.2 Å². The topological polar surface area (TPSA) is 53.2 Å². The van der Waals surface area contributed by atoms with Crippen molar-refractivity contribution in [2.75, 3.05) is 0 Å². The summed E-state index contributed by atoms with van der Waals surface area (Å²) >= 11 is 12.7. The molecule has 0 N–H and O–H groups in total. The molecule has 0 saturated heterocycles. The van der Waals surface area contributed by atoms with E-state index in [9.17, 15) is 10.1 Å². The maximum atomic E-state index is 13.3. The summed E-state index contributed by atoms with van der Waals surface area (Å²) < 4.78 is 0. The fourth-order valence-corrected chi connectivity index (χ4v) is 4.80. The number of hydrogen-bond donors (Lipinski definition) is 0. The van der Waals surface area contributed by atoms with Crippen LogP contribution in [0.4, 0.5) is 0 Å². The fourth-order valence-electron chi connectivity index (χ4n) is 4.38. The number of fused-ring (bicyclic) bond motifs is 1. The number of nitriles is 1. The Morgan fingerprint density at radius 3 is 2.50 bits per heavy atom. The number of Topliss-reactive ketones (excluding diaryl/α,β-unsaturated/α-hetero) is 1. The predicted octanol–water partition coefficient (Wildman–Crippen LogP) is 6.09. The van der Waals surface area contributed by atoms with Gasteiger partial charge in [0.25, 0.3) is 0 Å². The summed E-state index contributed by atoms with van der Waals surface area (Å²) in [6, 6.07) is 17.7. The van der Waals surface area contributed by atoms with Gasteiger partial charge in [-0.25, -0.2) is 0 Å². The third kappa shape index (κ3) is 3.17. The molecule has 0 aromatic heterocycles. The van der Waals surface area contributed by atoms with Gasteiger partial charge in [-0.2, -0.15) is 5.26 Å². The molecule has 140 valence electrons. The number of aliphatic imine (C=N–C) groups is 1. The zero-order valence-electron chi connectivity index (χ0n) is 15.3. The number of halogens is 2. The minimum absolute atomic E-state index is 0.0974. The molecule has 5 heteroatoms. The molecular weight excluding hydrogens is 391 g/mol. The zero-order chi connectivity index (χ0) is 19.8. The molecule has 1 aliphatic carbocycles. The predicted molar refractivity (Wildman–Crippen MR) is 112 cm³/mol. The van der Waals surface area contributed by atoms with Crippen molar-refractivity contribution in [1.29, 1.82) is 5.26 Å². The third-order valence-corrected chi connectivity index (χ3v) is 6.50. The van der Waals surface area contributed by atoms with Crippen molar-refractivity contribution in [1.82, 2.24) is 0 Å². The Balaban J connectivity index is 1.81. The minimum atomic E-state index is -0.464. The number of nitrogens with zero attached hydrogens (tertiary/aromatic N) is 2. The maximum Gasteiger partial charge on any atom is 0.143 e. The molecule has 2 aromatic carbocycles. The lowest BCUT2D eigenvalue weighted by molar-refractivity contribution is -0.122. The summed E-state index contributed by atoms with van der Waals surface area (Å²) in [6.45, 7) is 1.82. The van der Waals surface area contributed by atoms with E-state index in [1.54, 1.807) is 12.1 Å². The summed E-state index contributed by atoms with van der Waals surface area (Å²) in [4.78, 5) is 18.0. The Kier molecular flexibility index (Phi) is 5.10. The van der Waals surface area contributed by atoms with Gasteiger partial charge in [-0.3, -0.25) is 9.79 Å². The molecule has 2 aliphatic rings. The van der Waals surface area contributed by atoms with Gasteiger partial charge < -0.3 is 0 Å². The van der Waals surface area contributed by atoms with Crippen LogP contribution >= 0.6 is 23.2 Å². The molecule has 3 atom stereocenters. The van der Waals surface area contributed by atoms with Gasteiger partial charge in [0.2, 0.25) is 0 Å². The van der Waals surface area contributed by atoms with E-state index in [0.29, 0.717) is 39.7 Å². The number of carbonyl (C=O) groups excluding carboxylic acids is 1. The Hall–Kier alpha value is -2.41. The minimum Gasteiger partial charge on any atom is -0.299 e. The van der Waals surface area contributed by atoms with Crippen molar-refractivity contribution in [2.24, 2.45) is 10.9 Å². The quantitative estimate of drug-likeness (QED) is 0.603. The second kappa shape index (κ2) is 7.54. The summed E-state index contributed by atoms with van der Waals surface area (Å²) in [5, 5.41) is 10.6. The Labute approximate surface area is 174 Å². The molecule has 0 bridgehead atoms. The van der Waals surface area contributed by atoms with Crippen LogP contribution in [0.5, 0.6) is 0 Å². The lowest BCUT2D eigenvalue weighted by Crippen LogP contribution is -2.39. The van der Waals surface area contributed by atoms with Crippen molar-refractivity contribution < 1.29 is 4.79 Å². The van der Waals surface area contributed by atoms with Gasteiger partial charge in [-0.15, -0.1) is 0 Å². The Morgan fingerprint density at radius 2 is 1.79 bits per heavy atom. The van der Waals surface area contributed by atoms with Gasteiger partial charge in [0.05, 0.1) is 33.3 Å². The first kappa shape index (κ1) is 18.9. The molecule has 28 heavy (non-hydrogen) atoms. The molecule has 1 heterocycles. The number of ketones is 1. The van der Waals surface area contributed by atoms with Crippen LogP contribution < -0.4 is 0 Å². The Morgan fingerprint density at radius 1 is 1.04 bits per heavy atom. The summed E-state index contributed by atoms with van der Waals surface area (Å²) in [7, 11) is 0. The molecular formula is C23H18Cl2N2O. The monoisotopic (exact) mass is 408 g/mol. The van der Waals surface area contributed by atoms with Gasteiger partial charge in [0.15, 0.2) is 0 Å². The molecule has 1 fully saturated rings. The van der Waals surface area contributed by atoms with Gasteiger partial charge in [0, 0.05) is 18.1 Å². The van der Waals surface area contributed by atoms with Gasteiger partial charge in [0.1, 0.15) is 5.78 Å². The molecule has 0 unspecified atom stereocenters. The molecule has 0 spiro atoms. The number of carbonyl (C=O) groups is 1. The number of hydrogen-bond acceptors (Lipinski definition) is 3. The second-order valence-corrected chi connectivity index (χ2v) is 8.08. The standard InChI is InChI=1S/C23H18Cl2N2O/c1-13-17(12-26)21(16-8-5-9-18(24)23(16)25)22-19(27-13)10-15(11-20(22)28)14-6-3-2-4-7-14/h2-9,15,21-22H,10-11H2,1H3/t15-,21-,22-/m1/s1. The average Bonchev–Trinajstić information content (AvgIpc) is 2.69. The van der Waals surface area contributed by atoms with Crippen LogP contribution in [0.1, 0.15) is 42.7 Å². The van der Waals surface area contributed by atoms with Gasteiger partial charge in [-0.05, 0) is 36.5 Å². The third-order valence-electron chi connectivity index (χ3n) is 5.66. The van der Waals surface area contributed by atoms with E-state index in [0.717, 1.165) is 11.3 Å². The first-order valence-corrected chi connectivity index (χ1v) is 9.96. The lowest BCUT2D eigenvalue weighted by Gasteiger charge is -2.37. The van der Waals surface area contributed by atoms with Crippen LogP contribution in [-0.2, 0) is 4.79 Å². The van der Waals surface area contributed by atoms with Crippen LogP contribution in [0.3, 0.4) is 0 Å². The molecule has 1 aliphatic heterocycles. The van der Waals surface area contributed by atoms with E-state index in [1.807, 2.05) is 31.2 Å². The second-order valence-electron chi connectivity index (χ2n) is 7.29. The highest BCUT2D eigenvalue weighted by molar-refractivity contribution is 6.42. The molecule has 2 aromatic rings. The largest absolute Gasteiger partial charge is 0.299 e. The van der Waals surface area contributed by atoms with Crippen LogP contribution in [0.25, 0.3) is 0 Å². The van der Waals surface area contributed by atoms with Crippen LogP contribution in [-0.4, -0.2) is 11.5 Å². The van der Waals surface area contributed by atoms with Crippen LogP contribution in [0.15, 0.2) is 64.8 Å². The van der Waals surface area contributed by atoms with Crippen molar-refractivity contribution >= 4 is 34.7 Å². The first-order valence-electron chi connectivity index (χ1n) is 9.21. The van der Waals surface area contributed by atoms with Crippen molar-refractivity contribution in [3.05, 3.63) is 81.0 Å². The van der Waals surface area contributed by atoms with E-state index in [2.05, 4.69) is 23.2 Å². The number of benzene rings is 2. The molecule has 1 saturated carbocycles. The summed E-state index contributed by atoms with van der Waals surface area (Å²) in [6.07, 6.45) is 1.13. The van der Waals surface area contributed by atoms with Gasteiger partial charge >= 0.3 is 0 Å². The van der Waals surface area contributed by atoms with Crippen molar-refractivity contribution in [3.63, 3.8) is 0 Å². The highest BCUT2D eigenvalue weighted by atomic mass is 35.5. The molecule has 0 radical (unpaired) electrons. The Bertz CT molecular complexity index is 1050. The smallest absolute Gasteiger partial charge is 0.143 e. The molecule has 3 nitrogen and oxygen atoms in total. The highest BCUT2D eigenvalue weighted by Crippen LogP contribution is 2.47. The molecule has 4 rings (SSSR count). The van der Waals surface area contributed by atoms with E-state index in [-0.39, 0.29) is 11.7 Å². The number of allylic oxidation sites excluding steroid dienone is 2. The van der Waals surface area contributed by atoms with Gasteiger partial charge in [-0.1, -0.05) is 65.7 Å². The lowest BCUT2D eigenvalue weighted by atomic mass is 9.66. The van der Waals surface area contributed by atoms with Crippen LogP contribution in [0.2, 0.25) is 10.0 Å². The fraction of sp³-hybridized carbons (Fsp3) is 0.261. The van der Waals surface area contributed by atoms with Crippen molar-refractivity contribution in [2.45, 2.75) is 31.6 Å². The van der Waals surface area contributed by atoms with Crippen molar-refractivity contribution in [3.8, 4) is 6.07 Å². The van der Waals surface area contributed by atoms with Crippen LogP contribution in [0, 0.1) is 17.2 Å². The summed E-state index contributed by atoms with van der Waals surface area (Å²) in [5.74, 6) is -0.696. The number of rotatable bonds is 2. The van der Waals surface area contributed by atoms with E-state index in [1.165, 1.54) is 0 Å². The normalized spacial score (nSPS) is 24.4.